The fraction of sp³-hybridized carbons (Fsp3) is 0.372. The van der Waals surface area contributed by atoms with Gasteiger partial charge in [-0.3, -0.25) is 19.8 Å². The number of nitrogens with zero attached hydrogens (tertiary/aromatic N) is 1. The van der Waals surface area contributed by atoms with Crippen LogP contribution in [0.4, 0.5) is 39.4 Å². The van der Waals surface area contributed by atoms with Gasteiger partial charge in [-0.15, -0.1) is 0 Å². The van der Waals surface area contributed by atoms with E-state index in [1.54, 1.807) is 82.3 Å². The van der Waals surface area contributed by atoms with E-state index in [1.807, 2.05) is 33.9 Å². The fourth-order valence-electron chi connectivity index (χ4n) is 6.41. The van der Waals surface area contributed by atoms with Crippen molar-refractivity contribution >= 4 is 43.3 Å². The van der Waals surface area contributed by atoms with E-state index in [0.29, 0.717) is 28.1 Å². The molecule has 0 saturated heterocycles. The van der Waals surface area contributed by atoms with E-state index in [0.717, 1.165) is 6.07 Å². The molecule has 4 aromatic carbocycles. The van der Waals surface area contributed by atoms with Gasteiger partial charge in [0.1, 0.15) is 11.4 Å². The van der Waals surface area contributed by atoms with Crippen LogP contribution in [0.1, 0.15) is 85.8 Å². The second-order valence-corrected chi connectivity index (χ2v) is 21.5. The van der Waals surface area contributed by atoms with Gasteiger partial charge in [-0.05, 0) is 111 Å². The molecule has 2 atom stereocenters. The van der Waals surface area contributed by atoms with Crippen molar-refractivity contribution in [1.29, 1.82) is 0 Å². The molecule has 0 aromatic heterocycles. The third-order valence-corrected chi connectivity index (χ3v) is 14.8. The van der Waals surface area contributed by atoms with Gasteiger partial charge in [-0.2, -0.15) is 13.2 Å². The van der Waals surface area contributed by atoms with Crippen LogP contribution >= 0.6 is 0 Å². The van der Waals surface area contributed by atoms with Gasteiger partial charge in [-0.1, -0.05) is 69.3 Å². The molecule has 8 nitrogen and oxygen atoms in total. The summed E-state index contributed by atoms with van der Waals surface area (Å²) in [7, 11) is -2.39. The summed E-state index contributed by atoms with van der Waals surface area (Å²) in [6, 6.07) is 20.3. The molecule has 0 fully saturated rings. The first-order chi connectivity index (χ1) is 26.0. The lowest BCUT2D eigenvalue weighted by molar-refractivity contribution is -0.138. The molecule has 2 N–H and O–H groups in total. The number of hydrogen-bond acceptors (Lipinski definition) is 5. The summed E-state index contributed by atoms with van der Waals surface area (Å²) >= 11 is 0. The van der Waals surface area contributed by atoms with Gasteiger partial charge in [0.05, 0.1) is 29.7 Å². The zero-order valence-electron chi connectivity index (χ0n) is 33.2. The SMILES string of the molecule is Cc1cccc(F)c1C(=O)N1c2ccccc2CC(C(=O)Nc2ccc(CO[Si](C)(C)C(C)(C)C)c(C(F)(F)F)c2)[C@@H]1c1ccc(NC(=O)OC(C)(C)C)cc1. The van der Waals surface area contributed by atoms with Gasteiger partial charge in [0.25, 0.3) is 5.91 Å². The maximum atomic E-state index is 15.5. The molecule has 5 rings (SSSR count). The van der Waals surface area contributed by atoms with Crippen LogP contribution in [0.3, 0.4) is 0 Å². The van der Waals surface area contributed by atoms with Crippen LogP contribution in [0.15, 0.2) is 84.9 Å². The Labute approximate surface area is 326 Å². The first kappa shape index (κ1) is 42.1. The van der Waals surface area contributed by atoms with Crippen molar-refractivity contribution in [2.45, 2.75) is 97.4 Å². The van der Waals surface area contributed by atoms with Gasteiger partial charge < -0.3 is 14.5 Å². The van der Waals surface area contributed by atoms with Crippen molar-refractivity contribution in [1.82, 2.24) is 0 Å². The van der Waals surface area contributed by atoms with Crippen molar-refractivity contribution < 1.29 is 41.1 Å². The highest BCUT2D eigenvalue weighted by Gasteiger charge is 2.44. The molecule has 1 unspecified atom stereocenters. The number of hydrogen-bond donors (Lipinski definition) is 2. The highest BCUT2D eigenvalue weighted by molar-refractivity contribution is 6.74. The topological polar surface area (TPSA) is 97.0 Å². The van der Waals surface area contributed by atoms with Crippen LogP contribution in [0, 0.1) is 18.7 Å². The molecule has 3 amide bonds. The molecule has 1 aliphatic rings. The zero-order valence-corrected chi connectivity index (χ0v) is 34.2. The largest absolute Gasteiger partial charge is 0.444 e. The van der Waals surface area contributed by atoms with E-state index in [-0.39, 0.29) is 34.9 Å². The normalized spacial score (nSPS) is 16.2. The first-order valence-electron chi connectivity index (χ1n) is 18.4. The standard InChI is InChI=1S/C43H49F4N3O5Si/c1-26-13-12-15-34(44)36(26)39(52)50-35-16-11-10-14-28(35)23-32(37(50)27-17-20-30(21-18-27)49-40(53)55-41(2,3)4)38(51)48-31-22-19-29(33(24-31)43(45,46)47)25-54-56(8,9)42(5,6)7/h10-22,24,32,37H,23,25H2,1-9H3,(H,48,51)(H,49,53)/t32?,37-/m0/s1. The smallest absolute Gasteiger partial charge is 0.416 e. The number of aryl methyl sites for hydroxylation is 1. The second-order valence-electron chi connectivity index (χ2n) is 16.6. The minimum Gasteiger partial charge on any atom is -0.444 e. The highest BCUT2D eigenvalue weighted by Crippen LogP contribution is 2.45. The number of alkyl halides is 3. The Morgan fingerprint density at radius 3 is 2.09 bits per heavy atom. The summed E-state index contributed by atoms with van der Waals surface area (Å²) < 4.78 is 70.5. The number of rotatable bonds is 8. The number of carbonyl (C=O) groups is 3. The van der Waals surface area contributed by atoms with Crippen LogP contribution in [0.25, 0.3) is 0 Å². The lowest BCUT2D eigenvalue weighted by Gasteiger charge is -2.42. The van der Waals surface area contributed by atoms with Crippen molar-refractivity contribution in [2.75, 3.05) is 15.5 Å². The molecule has 1 heterocycles. The van der Waals surface area contributed by atoms with Crippen molar-refractivity contribution in [3.05, 3.63) is 124 Å². The summed E-state index contributed by atoms with van der Waals surface area (Å²) in [6.45, 7) is 16.5. The van der Waals surface area contributed by atoms with Crippen LogP contribution in [0.2, 0.25) is 18.1 Å². The van der Waals surface area contributed by atoms with E-state index in [2.05, 4.69) is 10.6 Å². The maximum Gasteiger partial charge on any atom is 0.416 e. The third kappa shape index (κ3) is 9.50. The van der Waals surface area contributed by atoms with Crippen molar-refractivity contribution in [3.63, 3.8) is 0 Å². The third-order valence-electron chi connectivity index (χ3n) is 10.3. The number of ether oxygens (including phenoxy) is 1. The fourth-order valence-corrected chi connectivity index (χ4v) is 7.36. The monoisotopic (exact) mass is 791 g/mol. The van der Waals surface area contributed by atoms with E-state index >= 15 is 4.39 Å². The van der Waals surface area contributed by atoms with Crippen molar-refractivity contribution in [2.24, 2.45) is 5.92 Å². The number of benzene rings is 4. The Hall–Kier alpha value is -5.01. The molecule has 0 bridgehead atoms. The molecule has 56 heavy (non-hydrogen) atoms. The maximum absolute atomic E-state index is 15.5. The van der Waals surface area contributed by atoms with Crippen molar-refractivity contribution in [3.8, 4) is 0 Å². The average molecular weight is 792 g/mol. The molecule has 0 radical (unpaired) electrons. The number of halogens is 4. The lowest BCUT2D eigenvalue weighted by Crippen LogP contribution is -2.47. The van der Waals surface area contributed by atoms with Crippen LogP contribution in [-0.4, -0.2) is 31.8 Å². The number of nitrogens with one attached hydrogen (secondary N) is 2. The number of amides is 3. The summed E-state index contributed by atoms with van der Waals surface area (Å²) in [5.41, 5.74) is 0.294. The van der Waals surface area contributed by atoms with Gasteiger partial charge in [0, 0.05) is 17.1 Å². The Balaban J connectivity index is 1.56. The number of fused-ring (bicyclic) bond motifs is 1. The Morgan fingerprint density at radius 2 is 1.48 bits per heavy atom. The minimum absolute atomic E-state index is 0.0538. The predicted octanol–water partition coefficient (Wildman–Crippen LogP) is 11.2. The second kappa shape index (κ2) is 15.9. The first-order valence-corrected chi connectivity index (χ1v) is 21.3. The van der Waals surface area contributed by atoms with E-state index in [9.17, 15) is 27.6 Å². The van der Waals surface area contributed by atoms with Gasteiger partial charge in [0.15, 0.2) is 8.32 Å². The van der Waals surface area contributed by atoms with E-state index < -0.39 is 61.3 Å². The number of carbonyl (C=O) groups excluding carboxylic acids is 3. The summed E-state index contributed by atoms with van der Waals surface area (Å²) in [6.07, 6.45) is -5.32. The predicted molar refractivity (Wildman–Crippen MR) is 213 cm³/mol. The Bertz CT molecular complexity index is 2090. The van der Waals surface area contributed by atoms with Gasteiger partial charge in [-0.25, -0.2) is 9.18 Å². The molecule has 0 aliphatic carbocycles. The van der Waals surface area contributed by atoms with Gasteiger partial charge in [0.2, 0.25) is 5.91 Å². The number of para-hydroxylation sites is 1. The molecular weight excluding hydrogens is 743 g/mol. The lowest BCUT2D eigenvalue weighted by atomic mass is 9.80. The molecule has 13 heteroatoms. The van der Waals surface area contributed by atoms with Crippen LogP contribution < -0.4 is 15.5 Å². The summed E-state index contributed by atoms with van der Waals surface area (Å²) in [5.74, 6) is -3.15. The van der Waals surface area contributed by atoms with Gasteiger partial charge >= 0.3 is 12.3 Å². The molecule has 4 aromatic rings. The van der Waals surface area contributed by atoms with E-state index in [1.165, 1.54) is 29.2 Å². The summed E-state index contributed by atoms with van der Waals surface area (Å²) in [4.78, 5) is 42.9. The molecule has 298 valence electrons. The summed E-state index contributed by atoms with van der Waals surface area (Å²) in [5, 5.41) is 5.15. The van der Waals surface area contributed by atoms with E-state index in [4.69, 9.17) is 9.16 Å². The Kier molecular flexibility index (Phi) is 11.9. The highest BCUT2D eigenvalue weighted by atomic mass is 28.4. The molecule has 1 aliphatic heterocycles. The minimum atomic E-state index is -4.74. The Morgan fingerprint density at radius 1 is 0.839 bits per heavy atom. The zero-order chi connectivity index (χ0) is 41.4. The number of anilines is 3. The molecule has 0 spiro atoms. The average Bonchev–Trinajstić information content (AvgIpc) is 3.08. The molecule has 0 saturated carbocycles. The quantitative estimate of drug-likeness (QED) is 0.137. The molecular formula is C43H49F4N3O5Si. The van der Waals surface area contributed by atoms with Crippen LogP contribution in [0.5, 0.6) is 0 Å². The van der Waals surface area contributed by atoms with Crippen LogP contribution in [-0.2, 0) is 33.2 Å².